The van der Waals surface area contributed by atoms with Gasteiger partial charge in [-0.25, -0.2) is 17.8 Å². The van der Waals surface area contributed by atoms with Crippen LogP contribution in [0.4, 0.5) is 15.8 Å². The highest BCUT2D eigenvalue weighted by atomic mass is 32.2. The lowest BCUT2D eigenvalue weighted by atomic mass is 9.57. The Labute approximate surface area is 262 Å². The van der Waals surface area contributed by atoms with E-state index in [1.54, 1.807) is 31.3 Å². The second kappa shape index (κ2) is 11.6. The summed E-state index contributed by atoms with van der Waals surface area (Å²) in [4.78, 5) is 24.3. The number of halogens is 1. The highest BCUT2D eigenvalue weighted by Crippen LogP contribution is 2.60. The first kappa shape index (κ1) is 30.7. The van der Waals surface area contributed by atoms with Crippen molar-refractivity contribution in [3.8, 4) is 22.8 Å². The van der Waals surface area contributed by atoms with E-state index in [9.17, 15) is 13.2 Å². The highest BCUT2D eigenvalue weighted by Gasteiger charge is 2.58. The van der Waals surface area contributed by atoms with Crippen molar-refractivity contribution in [2.75, 3.05) is 43.2 Å². The van der Waals surface area contributed by atoms with Crippen LogP contribution in [-0.4, -0.2) is 63.9 Å². The van der Waals surface area contributed by atoms with Gasteiger partial charge in [-0.1, -0.05) is 26.0 Å². The number of hydrogen-bond donors (Lipinski definition) is 2. The molecule has 1 saturated carbocycles. The van der Waals surface area contributed by atoms with Crippen molar-refractivity contribution >= 4 is 38.2 Å². The zero-order valence-electron chi connectivity index (χ0n) is 25.8. The van der Waals surface area contributed by atoms with Gasteiger partial charge in [-0.3, -0.25) is 14.5 Å². The van der Waals surface area contributed by atoms with Crippen LogP contribution in [0.15, 0.2) is 54.9 Å². The van der Waals surface area contributed by atoms with Gasteiger partial charge in [-0.2, -0.15) is 0 Å². The molecule has 1 amide bonds. The van der Waals surface area contributed by atoms with Crippen molar-refractivity contribution < 1.29 is 27.1 Å². The quantitative estimate of drug-likeness (QED) is 0.235. The van der Waals surface area contributed by atoms with Crippen LogP contribution < -0.4 is 24.4 Å². The fraction of sp³-hybridized carbons (Fsp3) is 0.364. The van der Waals surface area contributed by atoms with Gasteiger partial charge in [-0.15, -0.1) is 0 Å². The number of sulfonamides is 1. The number of ether oxygens (including phenoxy) is 2. The molecular weight excluding hydrogens is 597 g/mol. The molecule has 45 heavy (non-hydrogen) atoms. The maximum absolute atomic E-state index is 15.7. The zero-order chi connectivity index (χ0) is 32.1. The van der Waals surface area contributed by atoms with Crippen molar-refractivity contribution in [3.63, 3.8) is 0 Å². The molecule has 1 fully saturated rings. The Morgan fingerprint density at radius 3 is 2.51 bits per heavy atom. The summed E-state index contributed by atoms with van der Waals surface area (Å²) in [5.41, 5.74) is 3.01. The molecule has 6 rings (SSSR count). The van der Waals surface area contributed by atoms with Gasteiger partial charge in [0.25, 0.3) is 0 Å². The summed E-state index contributed by atoms with van der Waals surface area (Å²) in [6, 6.07) is 12.7. The van der Waals surface area contributed by atoms with Crippen LogP contribution in [0.2, 0.25) is 0 Å². The summed E-state index contributed by atoms with van der Waals surface area (Å²) < 4.78 is 53.6. The van der Waals surface area contributed by atoms with Crippen LogP contribution >= 0.6 is 0 Å². The average molecular weight is 634 g/mol. The van der Waals surface area contributed by atoms with Crippen molar-refractivity contribution in [2.45, 2.75) is 44.1 Å². The second-order valence-electron chi connectivity index (χ2n) is 12.1. The molecule has 236 valence electrons. The number of benzene rings is 2. The Hall–Kier alpha value is -4.29. The molecule has 2 aromatic carbocycles. The first-order valence-electron chi connectivity index (χ1n) is 14.8. The standard InChI is InChI=1S/C33H36FN5O5S/c1-19(2)35-10-11-44-31-28(38-45(5,41)42)12-21(17-37-31)24-13-25-27(14-26(24)34)36-18-29-30(25)33(32(40)39(29)3)15-22(16-33)20-6-8-23(43-4)9-7-20/h6-9,12-14,17-19,22,35,38H,10-11,15-16H2,1-5H3/t22-,33+. The van der Waals surface area contributed by atoms with Crippen molar-refractivity contribution in [2.24, 2.45) is 0 Å². The number of amides is 1. The number of hydrogen-bond acceptors (Lipinski definition) is 8. The number of fused-ring (bicyclic) bond motifs is 4. The van der Waals surface area contributed by atoms with E-state index in [0.717, 1.165) is 23.1 Å². The molecule has 1 spiro atoms. The smallest absolute Gasteiger partial charge is 0.238 e. The first-order valence-corrected chi connectivity index (χ1v) is 16.7. The Kier molecular flexibility index (Phi) is 7.90. The average Bonchev–Trinajstić information content (AvgIpc) is 3.20. The number of carbonyl (C=O) groups is 1. The number of nitrogens with zero attached hydrogens (tertiary/aromatic N) is 3. The third kappa shape index (κ3) is 5.68. The summed E-state index contributed by atoms with van der Waals surface area (Å²) in [5.74, 6) is 0.488. The van der Waals surface area contributed by atoms with Crippen LogP contribution in [0, 0.1) is 5.82 Å². The molecule has 0 bridgehead atoms. The van der Waals surface area contributed by atoms with Crippen molar-refractivity contribution in [1.29, 1.82) is 0 Å². The van der Waals surface area contributed by atoms with Gasteiger partial charge in [0.1, 0.15) is 23.9 Å². The first-order chi connectivity index (χ1) is 21.4. The molecule has 0 radical (unpaired) electrons. The summed E-state index contributed by atoms with van der Waals surface area (Å²) in [6.07, 6.45) is 5.35. The van der Waals surface area contributed by atoms with Gasteiger partial charge in [-0.05, 0) is 48.6 Å². The number of nitrogens with one attached hydrogen (secondary N) is 2. The lowest BCUT2D eigenvalue weighted by molar-refractivity contribution is -0.126. The maximum Gasteiger partial charge on any atom is 0.238 e. The monoisotopic (exact) mass is 633 g/mol. The van der Waals surface area contributed by atoms with Crippen LogP contribution in [0.3, 0.4) is 0 Å². The van der Waals surface area contributed by atoms with Crippen LogP contribution in [0.5, 0.6) is 11.6 Å². The molecule has 1 aliphatic heterocycles. The Balaban J connectivity index is 1.39. The Morgan fingerprint density at radius 1 is 1.11 bits per heavy atom. The third-order valence-electron chi connectivity index (χ3n) is 8.62. The van der Waals surface area contributed by atoms with Crippen LogP contribution in [0.1, 0.15) is 43.7 Å². The van der Waals surface area contributed by atoms with Gasteiger partial charge in [0.2, 0.25) is 21.8 Å². The van der Waals surface area contributed by atoms with Crippen LogP contribution in [0.25, 0.3) is 22.0 Å². The maximum atomic E-state index is 15.7. The molecule has 2 aliphatic rings. The molecular formula is C33H36FN5O5S. The molecule has 0 saturated heterocycles. The fourth-order valence-corrected chi connectivity index (χ4v) is 7.02. The summed E-state index contributed by atoms with van der Waals surface area (Å²) >= 11 is 0. The van der Waals surface area contributed by atoms with Gasteiger partial charge in [0.15, 0.2) is 0 Å². The van der Waals surface area contributed by atoms with E-state index in [4.69, 9.17) is 9.47 Å². The third-order valence-corrected chi connectivity index (χ3v) is 9.21. The normalized spacial score (nSPS) is 19.2. The number of pyridine rings is 2. The number of rotatable bonds is 10. The SMILES string of the molecule is COc1ccc([C@H]2C[C@]3(C2)C(=O)N(C)c2cnc4cc(F)c(-c5cnc(OCCNC(C)C)c(NS(C)(=O)=O)c5)cc4c23)cc1. The number of methoxy groups -OCH3 is 1. The van der Waals surface area contributed by atoms with E-state index >= 15 is 4.39 Å². The lowest BCUT2D eigenvalue weighted by Gasteiger charge is -2.44. The van der Waals surface area contributed by atoms with Gasteiger partial charge in [0, 0.05) is 54.0 Å². The minimum atomic E-state index is -3.69. The van der Waals surface area contributed by atoms with E-state index in [0.29, 0.717) is 41.5 Å². The predicted molar refractivity (Wildman–Crippen MR) is 172 cm³/mol. The van der Waals surface area contributed by atoms with Gasteiger partial charge in [0.05, 0.1) is 36.2 Å². The summed E-state index contributed by atoms with van der Waals surface area (Å²) in [7, 11) is -0.317. The molecule has 3 heterocycles. The Bertz CT molecular complexity index is 1890. The largest absolute Gasteiger partial charge is 0.497 e. The summed E-state index contributed by atoms with van der Waals surface area (Å²) in [5, 5.41) is 3.90. The van der Waals surface area contributed by atoms with E-state index in [1.807, 2.05) is 38.1 Å². The summed E-state index contributed by atoms with van der Waals surface area (Å²) in [6.45, 7) is 4.80. The molecule has 0 atom stereocenters. The Morgan fingerprint density at radius 2 is 1.84 bits per heavy atom. The van der Waals surface area contributed by atoms with Gasteiger partial charge >= 0.3 is 0 Å². The molecule has 0 unspecified atom stereocenters. The van der Waals surface area contributed by atoms with Crippen molar-refractivity contribution in [3.05, 3.63) is 71.8 Å². The minimum absolute atomic E-state index is 0.00259. The minimum Gasteiger partial charge on any atom is -0.497 e. The van der Waals surface area contributed by atoms with E-state index in [1.165, 1.54) is 18.3 Å². The molecule has 4 aromatic rings. The molecule has 12 heteroatoms. The number of aromatic nitrogens is 2. The predicted octanol–water partition coefficient (Wildman–Crippen LogP) is 4.98. The van der Waals surface area contributed by atoms with E-state index < -0.39 is 21.3 Å². The van der Waals surface area contributed by atoms with E-state index in [-0.39, 0.29) is 41.6 Å². The van der Waals surface area contributed by atoms with E-state index in [2.05, 4.69) is 20.0 Å². The van der Waals surface area contributed by atoms with Gasteiger partial charge < -0.3 is 19.7 Å². The molecule has 1 aliphatic carbocycles. The number of carbonyl (C=O) groups excluding carboxylic acids is 1. The zero-order valence-corrected chi connectivity index (χ0v) is 26.7. The molecule has 2 N–H and O–H groups in total. The lowest BCUT2D eigenvalue weighted by Crippen LogP contribution is -2.47. The number of anilines is 2. The molecule has 10 nitrogen and oxygen atoms in total. The fourth-order valence-electron chi connectivity index (χ4n) is 6.47. The second-order valence-corrected chi connectivity index (χ2v) is 13.8. The topological polar surface area (TPSA) is 123 Å². The highest BCUT2D eigenvalue weighted by molar-refractivity contribution is 7.92. The van der Waals surface area contributed by atoms with Crippen molar-refractivity contribution in [1.82, 2.24) is 15.3 Å². The number of likely N-dealkylation sites (N-methyl/N-ethyl adjacent to an activating group) is 1. The molecule has 2 aromatic heterocycles. The van der Waals surface area contributed by atoms with Crippen LogP contribution in [-0.2, 0) is 20.2 Å².